The fourth-order valence-corrected chi connectivity index (χ4v) is 4.24. The Hall–Kier alpha value is -2.99. The maximum absolute atomic E-state index is 13.0. The molecule has 2 aromatic carbocycles. The van der Waals surface area contributed by atoms with E-state index in [2.05, 4.69) is 4.98 Å². The van der Waals surface area contributed by atoms with Crippen molar-refractivity contribution in [2.75, 3.05) is 0 Å². The number of hydrogen-bond acceptors (Lipinski definition) is 5. The molecule has 3 heterocycles. The molecule has 0 unspecified atom stereocenters. The molecule has 0 amide bonds. The Kier molecular flexibility index (Phi) is 2.53. The Morgan fingerprint density at radius 2 is 1.92 bits per heavy atom. The van der Waals surface area contributed by atoms with Gasteiger partial charge in [-0.05, 0) is 30.7 Å². The molecule has 0 aliphatic carbocycles. The quantitative estimate of drug-likeness (QED) is 0.321. The lowest BCUT2D eigenvalue weighted by molar-refractivity contribution is 0.568. The normalized spacial score (nSPS) is 11.9. The molecule has 0 fully saturated rings. The number of nitrogens with zero attached hydrogens (tertiary/aromatic N) is 2. The average Bonchev–Trinajstić information content (AvgIpc) is 2.95. The van der Waals surface area contributed by atoms with Crippen molar-refractivity contribution in [1.82, 2.24) is 9.38 Å². The van der Waals surface area contributed by atoms with Crippen LogP contribution in [0.3, 0.4) is 0 Å². The second-order valence-electron chi connectivity index (χ2n) is 5.67. The number of hydrogen-bond donors (Lipinski definition) is 0. The summed E-state index contributed by atoms with van der Waals surface area (Å²) in [6, 6.07) is 13.0. The van der Waals surface area contributed by atoms with Crippen molar-refractivity contribution in [1.29, 1.82) is 0 Å². The number of aryl methyl sites for hydroxylation is 1. The van der Waals surface area contributed by atoms with Crippen LogP contribution in [0.4, 0.5) is 0 Å². The van der Waals surface area contributed by atoms with Gasteiger partial charge >= 0.3 is 5.63 Å². The molecule has 0 aliphatic heterocycles. The van der Waals surface area contributed by atoms with Crippen LogP contribution in [0.5, 0.6) is 0 Å². The molecule has 0 atom stereocenters. The van der Waals surface area contributed by atoms with Gasteiger partial charge in [-0.15, -0.1) is 0 Å². The molecule has 5 rings (SSSR count). The molecule has 6 heteroatoms. The van der Waals surface area contributed by atoms with E-state index in [9.17, 15) is 9.59 Å². The van der Waals surface area contributed by atoms with Crippen LogP contribution in [0, 0.1) is 6.92 Å². The lowest BCUT2D eigenvalue weighted by Crippen LogP contribution is -2.20. The van der Waals surface area contributed by atoms with Crippen LogP contribution in [0.15, 0.2) is 56.5 Å². The highest BCUT2D eigenvalue weighted by Crippen LogP contribution is 2.28. The van der Waals surface area contributed by atoms with Crippen LogP contribution in [0.1, 0.15) is 5.56 Å². The first-order valence-electron chi connectivity index (χ1n) is 7.41. The Labute approximate surface area is 138 Å². The Morgan fingerprint density at radius 1 is 1.08 bits per heavy atom. The van der Waals surface area contributed by atoms with Crippen molar-refractivity contribution in [3.05, 3.63) is 68.8 Å². The van der Waals surface area contributed by atoms with Crippen molar-refractivity contribution in [2.45, 2.75) is 6.92 Å². The van der Waals surface area contributed by atoms with Gasteiger partial charge in [-0.25, -0.2) is 14.2 Å². The molecular formula is C18H10N2O3S. The predicted molar refractivity (Wildman–Crippen MR) is 95.1 cm³/mol. The molecular weight excluding hydrogens is 324 g/mol. The van der Waals surface area contributed by atoms with Gasteiger partial charge < -0.3 is 4.42 Å². The highest BCUT2D eigenvalue weighted by molar-refractivity contribution is 7.23. The smallest absolute Gasteiger partial charge is 0.351 e. The van der Waals surface area contributed by atoms with Crippen molar-refractivity contribution >= 4 is 48.4 Å². The summed E-state index contributed by atoms with van der Waals surface area (Å²) >= 11 is 1.44. The van der Waals surface area contributed by atoms with Gasteiger partial charge in [-0.2, -0.15) is 0 Å². The number of para-hydroxylation sites is 2. The zero-order valence-electron chi connectivity index (χ0n) is 12.6. The molecule has 5 aromatic rings. The van der Waals surface area contributed by atoms with E-state index in [0.29, 0.717) is 21.4 Å². The van der Waals surface area contributed by atoms with E-state index in [4.69, 9.17) is 4.42 Å². The lowest BCUT2D eigenvalue weighted by atomic mass is 10.2. The van der Waals surface area contributed by atoms with Gasteiger partial charge in [0.1, 0.15) is 5.58 Å². The van der Waals surface area contributed by atoms with Crippen molar-refractivity contribution in [2.24, 2.45) is 0 Å². The van der Waals surface area contributed by atoms with E-state index in [1.807, 2.05) is 37.3 Å². The Morgan fingerprint density at radius 3 is 2.79 bits per heavy atom. The summed E-state index contributed by atoms with van der Waals surface area (Å²) < 4.78 is 7.80. The van der Waals surface area contributed by atoms with Gasteiger partial charge in [0.05, 0.1) is 15.7 Å². The van der Waals surface area contributed by atoms with Crippen LogP contribution >= 0.6 is 11.3 Å². The SMILES string of the molecule is Cc1cccc2sc3nc4c(c(=O)oc5ccccc54)c(=O)n3c12. The van der Waals surface area contributed by atoms with E-state index in [1.165, 1.54) is 15.7 Å². The molecule has 0 saturated heterocycles. The van der Waals surface area contributed by atoms with Crippen molar-refractivity contribution in [3.63, 3.8) is 0 Å². The van der Waals surface area contributed by atoms with Gasteiger partial charge in [0.2, 0.25) is 0 Å². The summed E-state index contributed by atoms with van der Waals surface area (Å²) in [6.45, 7) is 1.94. The highest BCUT2D eigenvalue weighted by Gasteiger charge is 2.18. The van der Waals surface area contributed by atoms with Gasteiger partial charge in [0.25, 0.3) is 5.56 Å². The van der Waals surface area contributed by atoms with Gasteiger partial charge in [0, 0.05) is 5.39 Å². The maximum atomic E-state index is 13.0. The Bertz CT molecular complexity index is 1410. The first-order chi connectivity index (χ1) is 11.6. The highest BCUT2D eigenvalue weighted by atomic mass is 32.1. The maximum Gasteiger partial charge on any atom is 0.351 e. The average molecular weight is 334 g/mol. The minimum atomic E-state index is -0.650. The standard InChI is InChI=1S/C18H10N2O3S/c1-9-5-4-8-12-15(9)20-16(21)13-14(19-18(20)24-12)10-6-2-3-7-11(10)23-17(13)22/h2-8H,1H3. The van der Waals surface area contributed by atoms with Crippen LogP contribution in [-0.4, -0.2) is 9.38 Å². The topological polar surface area (TPSA) is 64.6 Å². The van der Waals surface area contributed by atoms with Crippen LogP contribution in [0.25, 0.3) is 37.0 Å². The van der Waals surface area contributed by atoms with E-state index in [1.54, 1.807) is 12.1 Å². The minimum Gasteiger partial charge on any atom is -0.422 e. The van der Waals surface area contributed by atoms with E-state index in [0.717, 1.165) is 15.8 Å². The van der Waals surface area contributed by atoms with E-state index < -0.39 is 5.63 Å². The summed E-state index contributed by atoms with van der Waals surface area (Å²) in [6.07, 6.45) is 0. The second-order valence-corrected chi connectivity index (χ2v) is 6.68. The lowest BCUT2D eigenvalue weighted by Gasteiger charge is -2.03. The third-order valence-corrected chi connectivity index (χ3v) is 5.23. The number of fused-ring (bicyclic) bond motifs is 6. The molecule has 3 aromatic heterocycles. The molecule has 0 bridgehead atoms. The number of thiazole rings is 1. The number of rotatable bonds is 0. The number of aromatic nitrogens is 2. The molecule has 0 N–H and O–H groups in total. The Balaban J connectivity index is 2.17. The molecule has 116 valence electrons. The molecule has 5 nitrogen and oxygen atoms in total. The van der Waals surface area contributed by atoms with E-state index in [-0.39, 0.29) is 10.9 Å². The van der Waals surface area contributed by atoms with Crippen LogP contribution in [0.2, 0.25) is 0 Å². The zero-order valence-corrected chi connectivity index (χ0v) is 13.4. The van der Waals surface area contributed by atoms with Crippen molar-refractivity contribution < 1.29 is 4.42 Å². The molecule has 0 spiro atoms. The zero-order chi connectivity index (χ0) is 16.4. The summed E-state index contributed by atoms with van der Waals surface area (Å²) in [5, 5.41) is 0.662. The first kappa shape index (κ1) is 13.4. The third kappa shape index (κ3) is 1.60. The van der Waals surface area contributed by atoms with Gasteiger partial charge in [-0.3, -0.25) is 4.79 Å². The molecule has 0 saturated carbocycles. The monoisotopic (exact) mass is 334 g/mol. The minimum absolute atomic E-state index is 0.00541. The molecule has 0 aliphatic rings. The molecule has 24 heavy (non-hydrogen) atoms. The van der Waals surface area contributed by atoms with E-state index >= 15 is 0 Å². The predicted octanol–water partition coefficient (Wildman–Crippen LogP) is 3.48. The number of benzene rings is 2. The second kappa shape index (κ2) is 4.52. The van der Waals surface area contributed by atoms with Crippen LogP contribution < -0.4 is 11.2 Å². The van der Waals surface area contributed by atoms with Gasteiger partial charge in [-0.1, -0.05) is 35.6 Å². The first-order valence-corrected chi connectivity index (χ1v) is 8.23. The molecule has 0 radical (unpaired) electrons. The van der Waals surface area contributed by atoms with Crippen molar-refractivity contribution in [3.8, 4) is 0 Å². The summed E-state index contributed by atoms with van der Waals surface area (Å²) in [4.78, 5) is 30.6. The third-order valence-electron chi connectivity index (χ3n) is 4.23. The summed E-state index contributed by atoms with van der Waals surface area (Å²) in [5.74, 6) is 0. The van der Waals surface area contributed by atoms with Crippen LogP contribution in [-0.2, 0) is 0 Å². The fourth-order valence-electron chi connectivity index (χ4n) is 3.15. The summed E-state index contributed by atoms with van der Waals surface area (Å²) in [7, 11) is 0. The summed E-state index contributed by atoms with van der Waals surface area (Å²) in [5.41, 5.74) is 1.56. The largest absolute Gasteiger partial charge is 0.422 e. The fraction of sp³-hybridized carbons (Fsp3) is 0.0556. The van der Waals surface area contributed by atoms with Gasteiger partial charge in [0.15, 0.2) is 10.3 Å².